The van der Waals surface area contributed by atoms with E-state index < -0.39 is 0 Å². The van der Waals surface area contributed by atoms with Gasteiger partial charge in [-0.3, -0.25) is 0 Å². The second-order valence-electron chi connectivity index (χ2n) is 5.61. The van der Waals surface area contributed by atoms with E-state index in [1.54, 1.807) is 18.2 Å². The molecule has 1 aromatic heterocycles. The Balaban J connectivity index is 2.35. The number of aromatic nitrogens is 1. The first-order valence-electron chi connectivity index (χ1n) is 7.08. The van der Waals surface area contributed by atoms with E-state index in [2.05, 4.69) is 18.0 Å². The van der Waals surface area contributed by atoms with Crippen molar-refractivity contribution in [1.29, 1.82) is 5.26 Å². The zero-order valence-electron chi connectivity index (χ0n) is 11.9. The predicted molar refractivity (Wildman–Crippen MR) is 79.9 cm³/mol. The second-order valence-corrected chi connectivity index (χ2v) is 5.61. The zero-order chi connectivity index (χ0) is 15.0. The summed E-state index contributed by atoms with van der Waals surface area (Å²) in [6.45, 7) is 2.16. The van der Waals surface area contributed by atoms with Gasteiger partial charge in [-0.2, -0.15) is 5.26 Å². The van der Waals surface area contributed by atoms with Crippen molar-refractivity contribution in [3.05, 3.63) is 46.9 Å². The lowest BCUT2D eigenvalue weighted by atomic mass is 9.82. The largest absolute Gasteiger partial charge is 0.383 e. The average Bonchev–Trinajstić information content (AvgIpc) is 2.47. The third kappa shape index (κ3) is 2.25. The minimum absolute atomic E-state index is 0.198. The van der Waals surface area contributed by atoms with Crippen LogP contribution in [0.5, 0.6) is 0 Å². The Labute approximate surface area is 123 Å². The molecule has 1 unspecified atom stereocenters. The molecule has 1 aliphatic rings. The topological polar surface area (TPSA) is 62.7 Å². The average molecular weight is 281 g/mol. The van der Waals surface area contributed by atoms with Gasteiger partial charge in [0.05, 0.1) is 0 Å². The molecule has 4 heteroatoms. The van der Waals surface area contributed by atoms with Crippen LogP contribution in [0.2, 0.25) is 0 Å². The van der Waals surface area contributed by atoms with E-state index in [1.165, 1.54) is 6.07 Å². The van der Waals surface area contributed by atoms with Crippen LogP contribution < -0.4 is 5.73 Å². The molecule has 0 spiro atoms. The van der Waals surface area contributed by atoms with Crippen molar-refractivity contribution in [1.82, 2.24) is 4.98 Å². The first kappa shape index (κ1) is 13.6. The summed E-state index contributed by atoms with van der Waals surface area (Å²) in [5.41, 5.74) is 9.16. The quantitative estimate of drug-likeness (QED) is 0.870. The van der Waals surface area contributed by atoms with Gasteiger partial charge < -0.3 is 5.73 Å². The summed E-state index contributed by atoms with van der Waals surface area (Å²) >= 11 is 0. The van der Waals surface area contributed by atoms with Crippen molar-refractivity contribution in [3.8, 4) is 17.2 Å². The molecule has 0 amide bonds. The Hall–Kier alpha value is -2.41. The van der Waals surface area contributed by atoms with Crippen LogP contribution in [-0.2, 0) is 12.8 Å². The van der Waals surface area contributed by atoms with Crippen molar-refractivity contribution in [2.24, 2.45) is 5.92 Å². The van der Waals surface area contributed by atoms with Gasteiger partial charge in [0.1, 0.15) is 23.3 Å². The van der Waals surface area contributed by atoms with Gasteiger partial charge in [0.15, 0.2) is 0 Å². The van der Waals surface area contributed by atoms with Gasteiger partial charge in [-0.15, -0.1) is 0 Å². The monoisotopic (exact) mass is 281 g/mol. The summed E-state index contributed by atoms with van der Waals surface area (Å²) in [5.74, 6) is 0.365. The maximum atomic E-state index is 14.2. The molecule has 2 aromatic rings. The zero-order valence-corrected chi connectivity index (χ0v) is 11.9. The van der Waals surface area contributed by atoms with E-state index in [-0.39, 0.29) is 17.2 Å². The molecule has 0 fully saturated rings. The number of benzene rings is 1. The van der Waals surface area contributed by atoms with Crippen LogP contribution in [0.15, 0.2) is 24.3 Å². The molecule has 0 saturated carbocycles. The molecule has 1 atom stereocenters. The third-order valence-electron chi connectivity index (χ3n) is 4.09. The number of nitrogen functional groups attached to an aromatic ring is 1. The van der Waals surface area contributed by atoms with Crippen molar-refractivity contribution in [2.75, 3.05) is 5.73 Å². The number of anilines is 1. The highest BCUT2D eigenvalue weighted by Crippen LogP contribution is 2.38. The van der Waals surface area contributed by atoms with Gasteiger partial charge in [0.25, 0.3) is 0 Å². The lowest BCUT2D eigenvalue weighted by Gasteiger charge is -2.25. The summed E-state index contributed by atoms with van der Waals surface area (Å²) in [4.78, 5) is 4.37. The van der Waals surface area contributed by atoms with E-state index >= 15 is 0 Å². The fraction of sp³-hybridized carbons (Fsp3) is 0.294. The second kappa shape index (κ2) is 5.17. The molecule has 0 radical (unpaired) electrons. The maximum Gasteiger partial charge on any atom is 0.142 e. The molecule has 3 rings (SSSR count). The molecular formula is C17H16FN3. The minimum Gasteiger partial charge on any atom is -0.383 e. The number of aryl methyl sites for hydroxylation is 1. The van der Waals surface area contributed by atoms with Crippen molar-refractivity contribution in [2.45, 2.75) is 26.2 Å². The standard InChI is InChI=1S/C17H16FN3/c1-10-6-7-15-12(8-10)16(13(9-19)17(20)21-15)11-4-2-3-5-14(11)18/h2-5,10H,6-8H2,1H3,(H2,20,21). The Morgan fingerprint density at radius 3 is 2.86 bits per heavy atom. The summed E-state index contributed by atoms with van der Waals surface area (Å²) in [5, 5.41) is 9.43. The van der Waals surface area contributed by atoms with Gasteiger partial charge >= 0.3 is 0 Å². The lowest BCUT2D eigenvalue weighted by molar-refractivity contribution is 0.495. The fourth-order valence-electron chi connectivity index (χ4n) is 3.03. The number of fused-ring (bicyclic) bond motifs is 1. The SMILES string of the molecule is CC1CCc2nc(N)c(C#N)c(-c3ccccc3F)c2C1. The minimum atomic E-state index is -0.333. The number of rotatable bonds is 1. The van der Waals surface area contributed by atoms with Crippen LogP contribution >= 0.6 is 0 Å². The maximum absolute atomic E-state index is 14.2. The Bertz CT molecular complexity index is 746. The van der Waals surface area contributed by atoms with E-state index in [0.29, 0.717) is 17.0 Å². The Kier molecular flexibility index (Phi) is 3.34. The summed E-state index contributed by atoms with van der Waals surface area (Å²) in [7, 11) is 0. The smallest absolute Gasteiger partial charge is 0.142 e. The molecule has 0 aliphatic heterocycles. The number of hydrogen-bond donors (Lipinski definition) is 1. The van der Waals surface area contributed by atoms with Gasteiger partial charge in [-0.1, -0.05) is 25.1 Å². The van der Waals surface area contributed by atoms with Crippen LogP contribution in [0.1, 0.15) is 30.2 Å². The van der Waals surface area contributed by atoms with Crippen LogP contribution in [-0.4, -0.2) is 4.98 Å². The highest BCUT2D eigenvalue weighted by molar-refractivity contribution is 5.79. The lowest BCUT2D eigenvalue weighted by Crippen LogP contribution is -2.17. The summed E-state index contributed by atoms with van der Waals surface area (Å²) in [6.07, 6.45) is 2.68. The van der Waals surface area contributed by atoms with E-state index in [9.17, 15) is 9.65 Å². The number of nitriles is 1. The first-order valence-corrected chi connectivity index (χ1v) is 7.08. The van der Waals surface area contributed by atoms with Gasteiger partial charge in [0.2, 0.25) is 0 Å². The number of nitrogens with zero attached hydrogens (tertiary/aromatic N) is 2. The van der Waals surface area contributed by atoms with E-state index in [4.69, 9.17) is 5.73 Å². The third-order valence-corrected chi connectivity index (χ3v) is 4.09. The fourth-order valence-corrected chi connectivity index (χ4v) is 3.03. The summed E-state index contributed by atoms with van der Waals surface area (Å²) in [6, 6.07) is 8.62. The number of pyridine rings is 1. The normalized spacial score (nSPS) is 17.1. The molecule has 1 aliphatic carbocycles. The van der Waals surface area contributed by atoms with Crippen LogP contribution in [0.4, 0.5) is 10.2 Å². The van der Waals surface area contributed by atoms with E-state index in [1.807, 2.05) is 0 Å². The molecule has 0 saturated heterocycles. The number of nitrogens with two attached hydrogens (primary N) is 1. The van der Waals surface area contributed by atoms with Crippen molar-refractivity contribution < 1.29 is 4.39 Å². The number of hydrogen-bond acceptors (Lipinski definition) is 3. The van der Waals surface area contributed by atoms with Gasteiger partial charge in [-0.05, 0) is 36.8 Å². The molecule has 1 heterocycles. The summed E-state index contributed by atoms with van der Waals surface area (Å²) < 4.78 is 14.2. The molecule has 3 nitrogen and oxygen atoms in total. The molecular weight excluding hydrogens is 265 g/mol. The molecule has 2 N–H and O–H groups in total. The predicted octanol–water partition coefficient (Wildman–Crippen LogP) is 3.47. The van der Waals surface area contributed by atoms with Gasteiger partial charge in [-0.25, -0.2) is 9.37 Å². The first-order chi connectivity index (χ1) is 10.1. The molecule has 106 valence electrons. The van der Waals surface area contributed by atoms with Crippen molar-refractivity contribution in [3.63, 3.8) is 0 Å². The van der Waals surface area contributed by atoms with Crippen LogP contribution in [0.25, 0.3) is 11.1 Å². The highest BCUT2D eigenvalue weighted by Gasteiger charge is 2.25. The molecule has 21 heavy (non-hydrogen) atoms. The van der Waals surface area contributed by atoms with E-state index in [0.717, 1.165) is 30.5 Å². The molecule has 0 bridgehead atoms. The van der Waals surface area contributed by atoms with Gasteiger partial charge in [0, 0.05) is 16.8 Å². The van der Waals surface area contributed by atoms with Crippen molar-refractivity contribution >= 4 is 5.82 Å². The highest BCUT2D eigenvalue weighted by atomic mass is 19.1. The van der Waals surface area contributed by atoms with Crippen LogP contribution in [0, 0.1) is 23.1 Å². The Morgan fingerprint density at radius 1 is 1.38 bits per heavy atom. The van der Waals surface area contributed by atoms with Crippen LogP contribution in [0.3, 0.4) is 0 Å². The molecule has 1 aromatic carbocycles. The Morgan fingerprint density at radius 2 is 2.14 bits per heavy atom. The number of halogens is 1.